The van der Waals surface area contributed by atoms with Crippen LogP contribution < -0.4 is 0 Å². The van der Waals surface area contributed by atoms with Gasteiger partial charge in [0.15, 0.2) is 0 Å². The maximum absolute atomic E-state index is 13.7. The highest BCUT2D eigenvalue weighted by atomic mass is 19.1. The molecule has 3 nitrogen and oxygen atoms in total. The molecule has 21 heavy (non-hydrogen) atoms. The number of H-pyrrole nitrogens is 1. The Kier molecular flexibility index (Phi) is 2.99. The number of rotatable bonds is 2. The van der Waals surface area contributed by atoms with Gasteiger partial charge >= 0.3 is 0 Å². The number of aromatic nitrogens is 1. The third-order valence-electron chi connectivity index (χ3n) is 3.25. The van der Waals surface area contributed by atoms with E-state index < -0.39 is 23.0 Å². The molecule has 1 heterocycles. The average Bonchev–Trinajstić information content (AvgIpc) is 2.89. The van der Waals surface area contributed by atoms with Crippen molar-refractivity contribution in [3.05, 3.63) is 70.9 Å². The van der Waals surface area contributed by atoms with Crippen LogP contribution in [0.4, 0.5) is 8.78 Å². The van der Waals surface area contributed by atoms with Crippen LogP contribution >= 0.6 is 0 Å². The van der Waals surface area contributed by atoms with Gasteiger partial charge in [0.05, 0.1) is 17.2 Å². The van der Waals surface area contributed by atoms with Crippen LogP contribution in [0.2, 0.25) is 0 Å². The third kappa shape index (κ3) is 2.07. The molecule has 0 saturated carbocycles. The van der Waals surface area contributed by atoms with E-state index in [-0.39, 0.29) is 5.56 Å². The zero-order valence-corrected chi connectivity index (χ0v) is 10.7. The van der Waals surface area contributed by atoms with Gasteiger partial charge < -0.3 is 4.98 Å². The van der Waals surface area contributed by atoms with E-state index in [1.165, 1.54) is 18.3 Å². The number of nitriles is 1. The largest absolute Gasteiger partial charge is 0.360 e. The number of carbonyl (C=O) groups is 1. The highest BCUT2D eigenvalue weighted by molar-refractivity contribution is 6.16. The Morgan fingerprint density at radius 1 is 1.14 bits per heavy atom. The maximum Gasteiger partial charge on any atom is 0.201 e. The minimum Gasteiger partial charge on any atom is -0.360 e. The predicted octanol–water partition coefficient (Wildman–Crippen LogP) is 3.55. The molecule has 102 valence electrons. The Balaban J connectivity index is 2.21. The van der Waals surface area contributed by atoms with Crippen molar-refractivity contribution in [1.82, 2.24) is 4.98 Å². The Bertz CT molecular complexity index is 886. The lowest BCUT2D eigenvalue weighted by atomic mass is 10.0. The topological polar surface area (TPSA) is 56.6 Å². The molecule has 0 aliphatic rings. The Hall–Kier alpha value is -3.00. The summed E-state index contributed by atoms with van der Waals surface area (Å²) in [7, 11) is 0. The minimum atomic E-state index is -0.911. The lowest BCUT2D eigenvalue weighted by Crippen LogP contribution is -2.06. The molecule has 2 aromatic carbocycles. The molecule has 1 N–H and O–H groups in total. The number of halogens is 2. The van der Waals surface area contributed by atoms with E-state index >= 15 is 0 Å². The molecule has 0 radical (unpaired) electrons. The van der Waals surface area contributed by atoms with Crippen LogP contribution in [0.15, 0.2) is 42.6 Å². The summed E-state index contributed by atoms with van der Waals surface area (Å²) in [6, 6.07) is 9.98. The summed E-state index contributed by atoms with van der Waals surface area (Å²) in [4.78, 5) is 15.2. The highest BCUT2D eigenvalue weighted by Crippen LogP contribution is 2.24. The summed E-state index contributed by atoms with van der Waals surface area (Å²) in [5, 5.41) is 9.36. The normalized spacial score (nSPS) is 10.5. The van der Waals surface area contributed by atoms with Gasteiger partial charge in [0.25, 0.3) is 0 Å². The average molecular weight is 282 g/mol. The van der Waals surface area contributed by atoms with Gasteiger partial charge in [-0.15, -0.1) is 0 Å². The molecule has 0 amide bonds. The van der Waals surface area contributed by atoms with Crippen LogP contribution in [-0.2, 0) is 0 Å². The summed E-state index contributed by atoms with van der Waals surface area (Å²) < 4.78 is 27.4. The van der Waals surface area contributed by atoms with Crippen LogP contribution in [0, 0.1) is 23.0 Å². The molecule has 5 heteroatoms. The molecule has 3 aromatic rings. The van der Waals surface area contributed by atoms with E-state index in [9.17, 15) is 13.6 Å². The zero-order valence-electron chi connectivity index (χ0n) is 10.7. The van der Waals surface area contributed by atoms with Gasteiger partial charge in [-0.1, -0.05) is 6.07 Å². The molecular formula is C16H8F2N2O. The second-order valence-electron chi connectivity index (χ2n) is 4.50. The first-order valence-corrected chi connectivity index (χ1v) is 6.12. The summed E-state index contributed by atoms with van der Waals surface area (Å²) in [5.74, 6) is -2.58. The second-order valence-corrected chi connectivity index (χ2v) is 4.50. The van der Waals surface area contributed by atoms with E-state index in [2.05, 4.69) is 4.98 Å². The van der Waals surface area contributed by atoms with Gasteiger partial charge in [0, 0.05) is 22.7 Å². The highest BCUT2D eigenvalue weighted by Gasteiger charge is 2.21. The van der Waals surface area contributed by atoms with Gasteiger partial charge in [-0.2, -0.15) is 5.26 Å². The van der Waals surface area contributed by atoms with Crippen molar-refractivity contribution < 1.29 is 13.6 Å². The van der Waals surface area contributed by atoms with Gasteiger partial charge in [-0.05, 0) is 30.3 Å². The molecule has 0 aliphatic heterocycles. The first kappa shape index (κ1) is 13.0. The van der Waals surface area contributed by atoms with Crippen molar-refractivity contribution in [1.29, 1.82) is 5.26 Å². The Morgan fingerprint density at radius 3 is 2.52 bits per heavy atom. The first-order chi connectivity index (χ1) is 10.1. The van der Waals surface area contributed by atoms with Crippen LogP contribution in [0.1, 0.15) is 21.5 Å². The van der Waals surface area contributed by atoms with E-state index in [4.69, 9.17) is 5.26 Å². The molecule has 0 saturated heterocycles. The molecule has 3 rings (SSSR count). The van der Waals surface area contributed by atoms with E-state index in [0.29, 0.717) is 16.5 Å². The van der Waals surface area contributed by atoms with Crippen LogP contribution in [-0.4, -0.2) is 10.8 Å². The first-order valence-electron chi connectivity index (χ1n) is 6.12. The molecule has 0 unspecified atom stereocenters. The zero-order chi connectivity index (χ0) is 15.0. The smallest absolute Gasteiger partial charge is 0.201 e. The van der Waals surface area contributed by atoms with Gasteiger partial charge in [-0.3, -0.25) is 4.79 Å². The third-order valence-corrected chi connectivity index (χ3v) is 3.25. The summed E-state index contributed by atoms with van der Waals surface area (Å²) in [5.41, 5.74) is 0.520. The number of carbonyl (C=O) groups excluding carboxylic acids is 1. The van der Waals surface area contributed by atoms with E-state index in [1.807, 2.05) is 6.07 Å². The molecule has 1 aromatic heterocycles. The summed E-state index contributed by atoms with van der Waals surface area (Å²) >= 11 is 0. The van der Waals surface area contributed by atoms with Crippen LogP contribution in [0.25, 0.3) is 10.9 Å². The molecule has 0 spiro atoms. The van der Waals surface area contributed by atoms with Gasteiger partial charge in [0.1, 0.15) is 11.6 Å². The number of nitrogens with one attached hydrogen (secondary N) is 1. The molecular weight excluding hydrogens is 274 g/mol. The molecule has 0 fully saturated rings. The monoisotopic (exact) mass is 282 g/mol. The van der Waals surface area contributed by atoms with Crippen molar-refractivity contribution in [2.45, 2.75) is 0 Å². The Labute approximate surface area is 118 Å². The number of hydrogen-bond donors (Lipinski definition) is 1. The van der Waals surface area contributed by atoms with Gasteiger partial charge in [-0.25, -0.2) is 8.78 Å². The van der Waals surface area contributed by atoms with E-state index in [0.717, 1.165) is 12.1 Å². The molecule has 0 bridgehead atoms. The fourth-order valence-corrected chi connectivity index (χ4v) is 2.23. The maximum atomic E-state index is 13.7. The van der Waals surface area contributed by atoms with Gasteiger partial charge in [0.2, 0.25) is 5.78 Å². The minimum absolute atomic E-state index is 0.131. The van der Waals surface area contributed by atoms with E-state index in [1.54, 1.807) is 12.1 Å². The number of aromatic amines is 1. The number of nitrogens with zero attached hydrogens (tertiary/aromatic N) is 1. The van der Waals surface area contributed by atoms with Crippen molar-refractivity contribution >= 4 is 16.7 Å². The predicted molar refractivity (Wildman–Crippen MR) is 72.8 cm³/mol. The van der Waals surface area contributed by atoms with Crippen molar-refractivity contribution in [3.63, 3.8) is 0 Å². The quantitative estimate of drug-likeness (QED) is 0.731. The molecule has 0 aliphatic carbocycles. The SMILES string of the molecule is N#Cc1ccc2[nH]cc(C(=O)c3c(F)cccc3F)c2c1. The molecule has 0 atom stereocenters. The van der Waals surface area contributed by atoms with Crippen LogP contribution in [0.3, 0.4) is 0 Å². The standard InChI is InChI=1S/C16H8F2N2O/c17-12-2-1-3-13(18)15(12)16(21)11-8-20-14-5-4-9(7-19)6-10(11)14/h1-6,8,20H. The van der Waals surface area contributed by atoms with Crippen molar-refractivity contribution in [3.8, 4) is 6.07 Å². The number of benzene rings is 2. The van der Waals surface area contributed by atoms with Crippen LogP contribution in [0.5, 0.6) is 0 Å². The number of fused-ring (bicyclic) bond motifs is 1. The number of hydrogen-bond acceptors (Lipinski definition) is 2. The second kappa shape index (κ2) is 4.84. The fraction of sp³-hybridized carbons (Fsp3) is 0. The number of ketones is 1. The van der Waals surface area contributed by atoms with Crippen molar-refractivity contribution in [2.24, 2.45) is 0 Å². The fourth-order valence-electron chi connectivity index (χ4n) is 2.23. The lowest BCUT2D eigenvalue weighted by molar-refractivity contribution is 0.103. The summed E-state index contributed by atoms with van der Waals surface area (Å²) in [6.45, 7) is 0. The summed E-state index contributed by atoms with van der Waals surface area (Å²) in [6.07, 6.45) is 1.39. The lowest BCUT2D eigenvalue weighted by Gasteiger charge is -2.03. The Morgan fingerprint density at radius 2 is 1.86 bits per heavy atom. The van der Waals surface area contributed by atoms with Crippen molar-refractivity contribution in [2.75, 3.05) is 0 Å².